The number of benzene rings is 1. The summed E-state index contributed by atoms with van der Waals surface area (Å²) in [4.78, 5) is 18.7. The van der Waals surface area contributed by atoms with Crippen molar-refractivity contribution in [1.29, 1.82) is 0 Å². The van der Waals surface area contributed by atoms with Crippen LogP contribution in [0.15, 0.2) is 35.2 Å². The van der Waals surface area contributed by atoms with Crippen LogP contribution in [0.1, 0.15) is 24.1 Å². The van der Waals surface area contributed by atoms with Gasteiger partial charge in [-0.1, -0.05) is 12.1 Å². The van der Waals surface area contributed by atoms with Gasteiger partial charge in [0.1, 0.15) is 5.75 Å². The lowest BCUT2D eigenvalue weighted by Crippen LogP contribution is -2.44. The van der Waals surface area contributed by atoms with Gasteiger partial charge in [0, 0.05) is 25.1 Å². The first-order valence-corrected chi connectivity index (χ1v) is 9.83. The lowest BCUT2D eigenvalue weighted by molar-refractivity contribution is 0.0815. The molecule has 140 valence electrons. The second-order valence-electron chi connectivity index (χ2n) is 6.32. The van der Waals surface area contributed by atoms with Crippen molar-refractivity contribution in [3.8, 4) is 5.75 Å². The number of aromatic nitrogens is 1. The fourth-order valence-corrected chi connectivity index (χ4v) is 3.53. The molecule has 1 N–H and O–H groups in total. The quantitative estimate of drug-likeness (QED) is 0.770. The second-order valence-corrected chi connectivity index (χ2v) is 7.04. The molecule has 1 aromatic carbocycles. The van der Waals surface area contributed by atoms with Gasteiger partial charge in [0.2, 0.25) is 0 Å². The van der Waals surface area contributed by atoms with Crippen LogP contribution in [-0.2, 0) is 17.7 Å². The van der Waals surface area contributed by atoms with Gasteiger partial charge >= 0.3 is 6.03 Å². The molecule has 2 amide bonds. The molecular weight excluding hydrogens is 350 g/mol. The number of nitrogens with zero attached hydrogens (tertiary/aromatic N) is 2. The molecule has 0 aliphatic carbocycles. The van der Waals surface area contributed by atoms with E-state index in [1.54, 1.807) is 12.6 Å². The highest BCUT2D eigenvalue weighted by Crippen LogP contribution is 2.15. The third-order valence-corrected chi connectivity index (χ3v) is 5.10. The summed E-state index contributed by atoms with van der Waals surface area (Å²) < 4.78 is 10.9. The van der Waals surface area contributed by atoms with Crippen LogP contribution >= 0.6 is 11.3 Å². The molecule has 1 atom stereocenters. The van der Waals surface area contributed by atoms with Gasteiger partial charge in [0.05, 0.1) is 31.0 Å². The number of amides is 2. The largest absolute Gasteiger partial charge is 0.497 e. The number of carbonyl (C=O) groups is 1. The van der Waals surface area contributed by atoms with Gasteiger partial charge in [0.25, 0.3) is 0 Å². The minimum absolute atomic E-state index is 0.0676. The summed E-state index contributed by atoms with van der Waals surface area (Å²) >= 11 is 1.53. The molecular formula is C19H25N3O3S. The first-order valence-electron chi connectivity index (χ1n) is 8.89. The molecule has 3 rings (SSSR count). The molecule has 6 nitrogen and oxygen atoms in total. The minimum atomic E-state index is -0.0676. The predicted molar refractivity (Wildman–Crippen MR) is 102 cm³/mol. The van der Waals surface area contributed by atoms with Crippen LogP contribution in [-0.4, -0.2) is 48.8 Å². The van der Waals surface area contributed by atoms with Gasteiger partial charge < -0.3 is 19.7 Å². The first kappa shape index (κ1) is 18.7. The third-order valence-electron chi connectivity index (χ3n) is 4.47. The molecule has 1 aromatic heterocycles. The fourth-order valence-electron chi connectivity index (χ4n) is 2.97. The van der Waals surface area contributed by atoms with Crippen LogP contribution in [0.3, 0.4) is 0 Å². The van der Waals surface area contributed by atoms with Crippen LogP contribution in [0.5, 0.6) is 5.75 Å². The SMILES string of the molecule is COc1ccc(CCN(C[C@@H]2CCCO2)C(=O)NCc2cscn2)cc1. The number of nitrogens with one attached hydrogen (secondary N) is 1. The maximum Gasteiger partial charge on any atom is 0.317 e. The van der Waals surface area contributed by atoms with Crippen molar-refractivity contribution in [3.05, 3.63) is 46.4 Å². The lowest BCUT2D eigenvalue weighted by atomic mass is 10.1. The molecule has 1 aliphatic heterocycles. The van der Waals surface area contributed by atoms with Crippen LogP contribution in [0, 0.1) is 0 Å². The molecule has 0 saturated carbocycles. The maximum atomic E-state index is 12.7. The van der Waals surface area contributed by atoms with E-state index in [1.807, 2.05) is 34.5 Å². The van der Waals surface area contributed by atoms with E-state index in [0.29, 0.717) is 19.6 Å². The van der Waals surface area contributed by atoms with Crippen LogP contribution in [0.4, 0.5) is 4.79 Å². The number of carbonyl (C=O) groups excluding carboxylic acids is 1. The summed E-state index contributed by atoms with van der Waals surface area (Å²) in [5.74, 6) is 0.839. The van der Waals surface area contributed by atoms with E-state index in [-0.39, 0.29) is 12.1 Å². The zero-order chi connectivity index (χ0) is 18.2. The van der Waals surface area contributed by atoms with Gasteiger partial charge in [0.15, 0.2) is 0 Å². The third kappa shape index (κ3) is 5.44. The van der Waals surface area contributed by atoms with Gasteiger partial charge in [-0.05, 0) is 37.0 Å². The van der Waals surface area contributed by atoms with Crippen LogP contribution in [0.2, 0.25) is 0 Å². The monoisotopic (exact) mass is 375 g/mol. The van der Waals surface area contributed by atoms with E-state index < -0.39 is 0 Å². The van der Waals surface area contributed by atoms with Crippen LogP contribution < -0.4 is 10.1 Å². The number of methoxy groups -OCH3 is 1. The zero-order valence-corrected chi connectivity index (χ0v) is 15.8. The molecule has 26 heavy (non-hydrogen) atoms. The normalized spacial score (nSPS) is 16.4. The number of hydrogen-bond donors (Lipinski definition) is 1. The Bertz CT molecular complexity index is 670. The number of thiazole rings is 1. The Morgan fingerprint density at radius 2 is 2.27 bits per heavy atom. The number of urea groups is 1. The van der Waals surface area contributed by atoms with Crippen molar-refractivity contribution in [2.75, 3.05) is 26.8 Å². The Morgan fingerprint density at radius 3 is 2.92 bits per heavy atom. The van der Waals surface area contributed by atoms with E-state index in [2.05, 4.69) is 10.3 Å². The highest BCUT2D eigenvalue weighted by atomic mass is 32.1. The molecule has 1 saturated heterocycles. The van der Waals surface area contributed by atoms with Crippen molar-refractivity contribution in [2.24, 2.45) is 0 Å². The summed E-state index contributed by atoms with van der Waals surface area (Å²) in [5, 5.41) is 4.92. The number of ether oxygens (including phenoxy) is 2. The van der Waals surface area contributed by atoms with Crippen molar-refractivity contribution in [3.63, 3.8) is 0 Å². The average Bonchev–Trinajstić information content (AvgIpc) is 3.37. The molecule has 2 aromatic rings. The predicted octanol–water partition coefficient (Wildman–Crippen LogP) is 3.09. The highest BCUT2D eigenvalue weighted by molar-refractivity contribution is 7.07. The van der Waals surface area contributed by atoms with E-state index >= 15 is 0 Å². The molecule has 7 heteroatoms. The Balaban J connectivity index is 1.56. The standard InChI is InChI=1S/C19H25N3O3S/c1-24-17-6-4-15(5-7-17)8-9-22(12-18-3-2-10-25-18)19(23)20-11-16-13-26-14-21-16/h4-7,13-14,18H,2-3,8-12H2,1H3,(H,20,23)/t18-/m0/s1. The topological polar surface area (TPSA) is 63.7 Å². The summed E-state index contributed by atoms with van der Waals surface area (Å²) in [6.45, 7) is 2.51. The van der Waals surface area contributed by atoms with E-state index in [4.69, 9.17) is 9.47 Å². The average molecular weight is 375 g/mol. The molecule has 0 spiro atoms. The summed E-state index contributed by atoms with van der Waals surface area (Å²) in [6.07, 6.45) is 3.01. The molecule has 0 bridgehead atoms. The summed E-state index contributed by atoms with van der Waals surface area (Å²) in [6, 6.07) is 7.90. The molecule has 0 unspecified atom stereocenters. The zero-order valence-electron chi connectivity index (χ0n) is 15.0. The summed E-state index contributed by atoms with van der Waals surface area (Å²) in [7, 11) is 1.66. The van der Waals surface area contributed by atoms with Gasteiger partial charge in [-0.25, -0.2) is 9.78 Å². The second kappa shape index (κ2) is 9.54. The Hall–Kier alpha value is -2.12. The first-order chi connectivity index (χ1) is 12.7. The highest BCUT2D eigenvalue weighted by Gasteiger charge is 2.22. The van der Waals surface area contributed by atoms with Gasteiger partial charge in [-0.3, -0.25) is 0 Å². The molecule has 0 radical (unpaired) electrons. The molecule has 2 heterocycles. The summed E-state index contributed by atoms with van der Waals surface area (Å²) in [5.41, 5.74) is 3.83. The molecule has 1 aliphatic rings. The van der Waals surface area contributed by atoms with E-state index in [9.17, 15) is 4.79 Å². The Labute approximate surface area is 158 Å². The fraction of sp³-hybridized carbons (Fsp3) is 0.474. The van der Waals surface area contributed by atoms with Crippen molar-refractivity contribution >= 4 is 17.4 Å². The lowest BCUT2D eigenvalue weighted by Gasteiger charge is -2.25. The Kier molecular flexibility index (Phi) is 6.85. The van der Waals surface area contributed by atoms with E-state index in [0.717, 1.165) is 37.3 Å². The Morgan fingerprint density at radius 1 is 1.42 bits per heavy atom. The molecule has 1 fully saturated rings. The van der Waals surface area contributed by atoms with Crippen molar-refractivity contribution < 1.29 is 14.3 Å². The smallest absolute Gasteiger partial charge is 0.317 e. The maximum absolute atomic E-state index is 12.7. The number of rotatable bonds is 8. The van der Waals surface area contributed by atoms with E-state index in [1.165, 1.54) is 16.9 Å². The number of hydrogen-bond acceptors (Lipinski definition) is 5. The van der Waals surface area contributed by atoms with Gasteiger partial charge in [-0.15, -0.1) is 11.3 Å². The van der Waals surface area contributed by atoms with Crippen LogP contribution in [0.25, 0.3) is 0 Å². The van der Waals surface area contributed by atoms with Gasteiger partial charge in [-0.2, -0.15) is 0 Å². The minimum Gasteiger partial charge on any atom is -0.497 e. The van der Waals surface area contributed by atoms with Crippen molar-refractivity contribution in [1.82, 2.24) is 15.2 Å². The van der Waals surface area contributed by atoms with Crippen molar-refractivity contribution in [2.45, 2.75) is 31.9 Å².